The molecule has 0 saturated carbocycles. The summed E-state index contributed by atoms with van der Waals surface area (Å²) in [6, 6.07) is 0. The topological polar surface area (TPSA) is 3.24 Å². The van der Waals surface area contributed by atoms with Crippen molar-refractivity contribution in [1.29, 1.82) is 0 Å². The van der Waals surface area contributed by atoms with Crippen LogP contribution in [0.4, 0.5) is 0 Å². The molecule has 0 spiro atoms. The van der Waals surface area contributed by atoms with Gasteiger partial charge in [-0.15, -0.1) is 21.8 Å². The lowest BCUT2D eigenvalue weighted by atomic mass is 10.7. The molecule has 0 N–H and O–H groups in total. The fraction of sp³-hybridized carbons (Fsp3) is 1.00. The molecule has 4 heteroatoms. The van der Waals surface area contributed by atoms with E-state index in [9.17, 15) is 0 Å². The van der Waals surface area contributed by atoms with Gasteiger partial charge in [0.1, 0.15) is 0 Å². The highest BCUT2D eigenvalue weighted by Crippen LogP contribution is 1.83. The lowest BCUT2D eigenvalue weighted by Crippen LogP contribution is -2.29. The van der Waals surface area contributed by atoms with Crippen molar-refractivity contribution in [3.05, 3.63) is 0 Å². The highest BCUT2D eigenvalue weighted by Gasteiger charge is 1.95. The maximum atomic E-state index is 2.62. The van der Waals surface area contributed by atoms with E-state index >= 15 is 0 Å². The highest BCUT2D eigenvalue weighted by atomic mass is 127. The molecular formula is C4H14INSi2. The van der Waals surface area contributed by atoms with Crippen LogP contribution < -0.4 is 0 Å². The Kier molecular flexibility index (Phi) is 7.12. The molecule has 0 aliphatic rings. The van der Waals surface area contributed by atoms with E-state index < -0.39 is 0 Å². The van der Waals surface area contributed by atoms with E-state index in [1.54, 1.807) is 0 Å². The third kappa shape index (κ3) is 4.05. The van der Waals surface area contributed by atoms with Gasteiger partial charge >= 0.3 is 0 Å². The molecule has 0 heterocycles. The first kappa shape index (κ1) is 9.12. The van der Waals surface area contributed by atoms with Gasteiger partial charge in [0.25, 0.3) is 0 Å². The van der Waals surface area contributed by atoms with Crippen molar-refractivity contribution in [3.63, 3.8) is 0 Å². The molecule has 0 atom stereocenters. The Bertz CT molecular complexity index is 49.3. The standard InChI is InChI=1S/C4H14INSi2/c1-3-6(4-2)8-7-5/h3-4,7-8H2,1-2H3. The Hall–Kier alpha value is 1.12. The van der Waals surface area contributed by atoms with Gasteiger partial charge in [-0.3, -0.25) is 0 Å². The van der Waals surface area contributed by atoms with Crippen LogP contribution in [-0.4, -0.2) is 33.4 Å². The van der Waals surface area contributed by atoms with Crippen molar-refractivity contribution in [2.45, 2.75) is 13.8 Å². The molecule has 0 amide bonds. The summed E-state index contributed by atoms with van der Waals surface area (Å²) < 4.78 is 2.62. The Morgan fingerprint density at radius 1 is 1.38 bits per heavy atom. The van der Waals surface area contributed by atoms with E-state index in [0.29, 0.717) is 15.7 Å². The van der Waals surface area contributed by atoms with Gasteiger partial charge in [0.15, 0.2) is 0 Å². The number of nitrogens with zero attached hydrogens (tertiary/aromatic N) is 1. The zero-order chi connectivity index (χ0) is 6.41. The Morgan fingerprint density at radius 3 is 2.00 bits per heavy atom. The van der Waals surface area contributed by atoms with Crippen molar-refractivity contribution in [3.8, 4) is 0 Å². The van der Waals surface area contributed by atoms with Crippen LogP contribution in [0.15, 0.2) is 0 Å². The van der Waals surface area contributed by atoms with Crippen LogP contribution in [0.5, 0.6) is 0 Å². The summed E-state index contributed by atoms with van der Waals surface area (Å²) in [5, 5.41) is 0. The molecule has 0 aromatic heterocycles. The van der Waals surface area contributed by atoms with Crippen molar-refractivity contribution in [2.75, 3.05) is 13.1 Å². The summed E-state index contributed by atoms with van der Waals surface area (Å²) >= 11 is 2.61. The van der Waals surface area contributed by atoms with Gasteiger partial charge in [-0.1, -0.05) is 13.8 Å². The second-order valence-corrected chi connectivity index (χ2v) is 15.6. The maximum Gasteiger partial charge on any atom is 0.0973 e. The summed E-state index contributed by atoms with van der Waals surface area (Å²) in [7, 11) is 0.295. The van der Waals surface area contributed by atoms with Gasteiger partial charge < -0.3 is 4.57 Å². The van der Waals surface area contributed by atoms with E-state index in [-0.39, 0.29) is 0 Å². The molecule has 0 aliphatic carbocycles. The molecule has 0 radical (unpaired) electrons. The lowest BCUT2D eigenvalue weighted by Gasteiger charge is -2.14. The predicted octanol–water partition coefficient (Wildman–Crippen LogP) is -0.154. The number of hydrogen-bond acceptors (Lipinski definition) is 1. The molecule has 0 rings (SSSR count). The second-order valence-electron chi connectivity index (χ2n) is 1.72. The molecule has 0 aromatic carbocycles. The normalized spacial score (nSPS) is 13.5. The Morgan fingerprint density at radius 2 is 1.88 bits per heavy atom. The van der Waals surface area contributed by atoms with Crippen LogP contribution >= 0.6 is 21.8 Å². The Balaban J connectivity index is 3.07. The van der Waals surface area contributed by atoms with Gasteiger partial charge in [0.05, 0.1) is 15.7 Å². The maximum absolute atomic E-state index is 2.62. The van der Waals surface area contributed by atoms with Gasteiger partial charge in [0, 0.05) is 0 Å². The first-order chi connectivity index (χ1) is 3.85. The molecule has 0 fully saturated rings. The van der Waals surface area contributed by atoms with Crippen LogP contribution in [0.25, 0.3) is 0 Å². The Labute approximate surface area is 68.9 Å². The monoisotopic (exact) mass is 259 g/mol. The summed E-state index contributed by atoms with van der Waals surface area (Å²) in [6.07, 6.45) is 0. The van der Waals surface area contributed by atoms with Crippen LogP contribution in [0.1, 0.15) is 13.8 Å². The largest absolute Gasteiger partial charge is 0.332 e. The fourth-order valence-electron chi connectivity index (χ4n) is 0.659. The van der Waals surface area contributed by atoms with Crippen LogP contribution in [0, 0.1) is 0 Å². The molecule has 0 bridgehead atoms. The third-order valence-electron chi connectivity index (χ3n) is 1.30. The van der Waals surface area contributed by atoms with Crippen molar-refractivity contribution >= 4 is 37.5 Å². The molecule has 8 heavy (non-hydrogen) atoms. The van der Waals surface area contributed by atoms with Gasteiger partial charge in [-0.05, 0) is 13.1 Å². The zero-order valence-corrected chi connectivity index (χ0v) is 10.6. The molecule has 0 unspecified atom stereocenters. The van der Waals surface area contributed by atoms with Crippen LogP contribution in [0.2, 0.25) is 0 Å². The quantitative estimate of drug-likeness (QED) is 0.385. The van der Waals surface area contributed by atoms with E-state index in [4.69, 9.17) is 0 Å². The lowest BCUT2D eigenvalue weighted by molar-refractivity contribution is 0.501. The average Bonchev–Trinajstić information content (AvgIpc) is 1.83. The van der Waals surface area contributed by atoms with E-state index in [2.05, 4.69) is 40.2 Å². The predicted molar refractivity (Wildman–Crippen MR) is 54.0 cm³/mol. The summed E-state index contributed by atoms with van der Waals surface area (Å²) in [6.45, 7) is 7.48. The number of rotatable bonds is 4. The third-order valence-corrected chi connectivity index (χ3v) is 9.74. The number of hydrogen-bond donors (Lipinski definition) is 0. The smallest absolute Gasteiger partial charge is 0.0973 e. The van der Waals surface area contributed by atoms with E-state index in [0.717, 1.165) is 0 Å². The summed E-state index contributed by atoms with van der Waals surface area (Å²) in [4.78, 5) is 0. The first-order valence-corrected chi connectivity index (χ1v) is 12.9. The highest BCUT2D eigenvalue weighted by molar-refractivity contribution is 14.1. The molecule has 0 aliphatic heterocycles. The fourth-order valence-corrected chi connectivity index (χ4v) is 10.3. The van der Waals surface area contributed by atoms with Crippen LogP contribution in [-0.2, 0) is 0 Å². The van der Waals surface area contributed by atoms with E-state index in [1.165, 1.54) is 13.1 Å². The van der Waals surface area contributed by atoms with Crippen molar-refractivity contribution in [2.24, 2.45) is 0 Å². The van der Waals surface area contributed by atoms with Gasteiger partial charge in [0.2, 0.25) is 0 Å². The first-order valence-electron chi connectivity index (χ1n) is 3.13. The van der Waals surface area contributed by atoms with Gasteiger partial charge in [-0.25, -0.2) is 0 Å². The van der Waals surface area contributed by atoms with Crippen LogP contribution in [0.3, 0.4) is 0 Å². The van der Waals surface area contributed by atoms with Crippen molar-refractivity contribution in [1.82, 2.24) is 4.57 Å². The zero-order valence-electron chi connectivity index (χ0n) is 5.65. The molecular weight excluding hydrogens is 245 g/mol. The van der Waals surface area contributed by atoms with Crippen molar-refractivity contribution < 1.29 is 0 Å². The minimum atomic E-state index is 0.295. The molecule has 0 saturated heterocycles. The minimum absolute atomic E-state index is 0.295. The van der Waals surface area contributed by atoms with Gasteiger partial charge in [-0.2, -0.15) is 0 Å². The summed E-state index contributed by atoms with van der Waals surface area (Å²) in [5.74, 6) is 0. The summed E-state index contributed by atoms with van der Waals surface area (Å²) in [5.41, 5.74) is 0. The molecule has 0 aromatic rings. The second kappa shape index (κ2) is 6.25. The average molecular weight is 259 g/mol. The van der Waals surface area contributed by atoms with E-state index in [1.807, 2.05) is 0 Å². The number of halogens is 1. The minimum Gasteiger partial charge on any atom is -0.332 e. The SMILES string of the molecule is CCN(CC)[SiH2][SiH2]I. The molecule has 50 valence electrons. The molecule has 1 nitrogen and oxygen atoms in total.